The molecule has 0 heterocycles. The Kier molecular flexibility index (Phi) is 3.79. The van der Waals surface area contributed by atoms with Crippen LogP contribution in [-0.2, 0) is 11.2 Å². The van der Waals surface area contributed by atoms with Gasteiger partial charge in [0, 0.05) is 13.0 Å². The molecule has 2 aliphatic rings. The predicted molar refractivity (Wildman–Crippen MR) is 80.2 cm³/mol. The van der Waals surface area contributed by atoms with Gasteiger partial charge in [0.2, 0.25) is 5.91 Å². The van der Waals surface area contributed by atoms with E-state index in [-0.39, 0.29) is 12.0 Å². The zero-order valence-corrected chi connectivity index (χ0v) is 12.2. The average molecular weight is 272 g/mol. The van der Waals surface area contributed by atoms with Gasteiger partial charge < -0.3 is 10.6 Å². The average Bonchev–Trinajstić information content (AvgIpc) is 3.12. The Balaban J connectivity index is 1.76. The van der Waals surface area contributed by atoms with Crippen LogP contribution >= 0.6 is 0 Å². The number of carbonyl (C=O) groups excluding carboxylic acids is 1. The molecule has 1 amide bonds. The molecule has 0 bridgehead atoms. The summed E-state index contributed by atoms with van der Waals surface area (Å²) in [5, 5.41) is 0. The van der Waals surface area contributed by atoms with Crippen LogP contribution in [0.2, 0.25) is 0 Å². The number of benzene rings is 1. The Morgan fingerprint density at radius 2 is 2.10 bits per heavy atom. The molecule has 2 aliphatic carbocycles. The molecule has 1 unspecified atom stereocenters. The van der Waals surface area contributed by atoms with Crippen molar-refractivity contribution in [1.29, 1.82) is 0 Å². The summed E-state index contributed by atoms with van der Waals surface area (Å²) in [7, 11) is 1.97. The number of amides is 1. The van der Waals surface area contributed by atoms with Crippen molar-refractivity contribution in [2.24, 2.45) is 17.6 Å². The number of hydrogen-bond acceptors (Lipinski definition) is 2. The molecule has 0 aromatic heterocycles. The van der Waals surface area contributed by atoms with Crippen molar-refractivity contribution < 1.29 is 4.79 Å². The van der Waals surface area contributed by atoms with Gasteiger partial charge in [-0.15, -0.1) is 0 Å². The number of rotatable bonds is 3. The summed E-state index contributed by atoms with van der Waals surface area (Å²) in [5.74, 6) is 0.846. The van der Waals surface area contributed by atoms with Crippen molar-refractivity contribution in [2.75, 3.05) is 13.6 Å². The lowest BCUT2D eigenvalue weighted by molar-refractivity contribution is -0.137. The summed E-state index contributed by atoms with van der Waals surface area (Å²) in [5.41, 5.74) is 8.56. The van der Waals surface area contributed by atoms with Crippen molar-refractivity contribution in [2.45, 2.75) is 38.1 Å². The smallest absolute Gasteiger partial charge is 0.226 e. The van der Waals surface area contributed by atoms with Crippen LogP contribution in [0.3, 0.4) is 0 Å². The van der Waals surface area contributed by atoms with Crippen LogP contribution in [0.5, 0.6) is 0 Å². The van der Waals surface area contributed by atoms with E-state index >= 15 is 0 Å². The van der Waals surface area contributed by atoms with Gasteiger partial charge in [-0.3, -0.25) is 4.79 Å². The Morgan fingerprint density at radius 3 is 2.90 bits per heavy atom. The van der Waals surface area contributed by atoms with Gasteiger partial charge in [0.05, 0.1) is 6.04 Å². The van der Waals surface area contributed by atoms with Gasteiger partial charge in [-0.2, -0.15) is 0 Å². The molecule has 3 atom stereocenters. The van der Waals surface area contributed by atoms with Crippen LogP contribution in [0, 0.1) is 11.8 Å². The second kappa shape index (κ2) is 5.57. The topological polar surface area (TPSA) is 46.3 Å². The maximum atomic E-state index is 12.8. The molecule has 0 saturated heterocycles. The molecule has 1 fully saturated rings. The highest BCUT2D eigenvalue weighted by Crippen LogP contribution is 2.38. The Bertz CT molecular complexity index is 500. The molecule has 1 aromatic rings. The van der Waals surface area contributed by atoms with E-state index in [1.807, 2.05) is 11.9 Å². The van der Waals surface area contributed by atoms with Gasteiger partial charge in [0.1, 0.15) is 0 Å². The first-order valence-electron chi connectivity index (χ1n) is 7.77. The Labute approximate surface area is 121 Å². The maximum Gasteiger partial charge on any atom is 0.226 e. The van der Waals surface area contributed by atoms with E-state index in [1.54, 1.807) is 0 Å². The van der Waals surface area contributed by atoms with E-state index in [2.05, 4.69) is 24.3 Å². The summed E-state index contributed by atoms with van der Waals surface area (Å²) in [6.07, 6.45) is 5.42. The van der Waals surface area contributed by atoms with Crippen molar-refractivity contribution in [3.8, 4) is 0 Å². The van der Waals surface area contributed by atoms with Gasteiger partial charge in [-0.1, -0.05) is 30.7 Å². The van der Waals surface area contributed by atoms with Crippen molar-refractivity contribution in [3.63, 3.8) is 0 Å². The molecular formula is C17H24N2O. The highest BCUT2D eigenvalue weighted by atomic mass is 16.2. The Morgan fingerprint density at radius 1 is 1.30 bits per heavy atom. The molecule has 0 radical (unpaired) electrons. The van der Waals surface area contributed by atoms with E-state index < -0.39 is 0 Å². The van der Waals surface area contributed by atoms with Crippen LogP contribution in [0.25, 0.3) is 0 Å². The summed E-state index contributed by atoms with van der Waals surface area (Å²) in [6, 6.07) is 8.79. The second-order valence-electron chi connectivity index (χ2n) is 6.24. The first kappa shape index (κ1) is 13.6. The number of fused-ring (bicyclic) bond motifs is 1. The van der Waals surface area contributed by atoms with Gasteiger partial charge in [0.15, 0.2) is 0 Å². The predicted octanol–water partition coefficient (Wildman–Crippen LogP) is 2.51. The van der Waals surface area contributed by atoms with Gasteiger partial charge in [-0.25, -0.2) is 0 Å². The van der Waals surface area contributed by atoms with Crippen LogP contribution in [0.1, 0.15) is 42.9 Å². The summed E-state index contributed by atoms with van der Waals surface area (Å²) < 4.78 is 0. The fourth-order valence-corrected chi connectivity index (χ4v) is 4.00. The van der Waals surface area contributed by atoms with Crippen LogP contribution in [-0.4, -0.2) is 24.4 Å². The third kappa shape index (κ3) is 2.24. The highest BCUT2D eigenvalue weighted by molar-refractivity contribution is 5.80. The molecule has 3 heteroatoms. The minimum atomic E-state index is 0.151. The van der Waals surface area contributed by atoms with E-state index in [4.69, 9.17) is 5.73 Å². The molecule has 0 aliphatic heterocycles. The number of nitrogens with zero attached hydrogens (tertiary/aromatic N) is 1. The molecule has 1 saturated carbocycles. The van der Waals surface area contributed by atoms with Crippen molar-refractivity contribution in [3.05, 3.63) is 35.4 Å². The monoisotopic (exact) mass is 272 g/mol. The SMILES string of the molecule is CN(C(=O)[C@@H]1CCC[C@@H]1CN)C1CCc2ccccc21. The number of aryl methyl sites for hydroxylation is 1. The fraction of sp³-hybridized carbons (Fsp3) is 0.588. The van der Waals surface area contributed by atoms with Crippen molar-refractivity contribution in [1.82, 2.24) is 4.90 Å². The van der Waals surface area contributed by atoms with Gasteiger partial charge in [0.25, 0.3) is 0 Å². The molecule has 1 aromatic carbocycles. The van der Waals surface area contributed by atoms with Crippen molar-refractivity contribution >= 4 is 5.91 Å². The zero-order valence-electron chi connectivity index (χ0n) is 12.2. The van der Waals surface area contributed by atoms with Crippen LogP contribution in [0.4, 0.5) is 0 Å². The quantitative estimate of drug-likeness (QED) is 0.919. The minimum absolute atomic E-state index is 0.151. The Hall–Kier alpha value is -1.35. The maximum absolute atomic E-state index is 12.8. The van der Waals surface area contributed by atoms with Crippen LogP contribution in [0.15, 0.2) is 24.3 Å². The fourth-order valence-electron chi connectivity index (χ4n) is 4.00. The molecule has 2 N–H and O–H groups in total. The van der Waals surface area contributed by atoms with E-state index in [1.165, 1.54) is 11.1 Å². The first-order valence-corrected chi connectivity index (χ1v) is 7.77. The first-order chi connectivity index (χ1) is 9.72. The molecule has 108 valence electrons. The second-order valence-corrected chi connectivity index (χ2v) is 6.24. The molecule has 20 heavy (non-hydrogen) atoms. The third-order valence-electron chi connectivity index (χ3n) is 5.20. The minimum Gasteiger partial charge on any atom is -0.338 e. The summed E-state index contributed by atoms with van der Waals surface area (Å²) in [4.78, 5) is 14.8. The number of nitrogens with two attached hydrogens (primary N) is 1. The highest BCUT2D eigenvalue weighted by Gasteiger charge is 2.37. The normalized spacial score (nSPS) is 28.4. The van der Waals surface area contributed by atoms with Gasteiger partial charge >= 0.3 is 0 Å². The standard InChI is InChI=1S/C17H24N2O/c1-19(17(20)15-8-4-6-13(15)11-18)16-10-9-12-5-2-3-7-14(12)16/h2-3,5,7,13,15-16H,4,6,8-11,18H2,1H3/t13-,15-,16?/m1/s1. The lowest BCUT2D eigenvalue weighted by Gasteiger charge is -2.30. The molecular weight excluding hydrogens is 248 g/mol. The largest absolute Gasteiger partial charge is 0.338 e. The van der Waals surface area contributed by atoms with E-state index in [0.29, 0.717) is 18.4 Å². The van der Waals surface area contributed by atoms with Gasteiger partial charge in [-0.05, 0) is 49.3 Å². The molecule has 3 nitrogen and oxygen atoms in total. The zero-order chi connectivity index (χ0) is 14.1. The third-order valence-corrected chi connectivity index (χ3v) is 5.20. The summed E-state index contributed by atoms with van der Waals surface area (Å²) >= 11 is 0. The van der Waals surface area contributed by atoms with E-state index in [9.17, 15) is 4.79 Å². The van der Waals surface area contributed by atoms with E-state index in [0.717, 1.165) is 32.1 Å². The molecule has 3 rings (SSSR count). The number of hydrogen-bond donors (Lipinski definition) is 1. The lowest BCUT2D eigenvalue weighted by Crippen LogP contribution is -2.38. The van der Waals surface area contributed by atoms with Crippen LogP contribution < -0.4 is 5.73 Å². The lowest BCUT2D eigenvalue weighted by atomic mass is 9.94. The summed E-state index contributed by atoms with van der Waals surface area (Å²) in [6.45, 7) is 0.644. The number of carbonyl (C=O) groups is 1. The molecule has 0 spiro atoms.